The minimum atomic E-state index is -3.99. The molecule has 0 aromatic heterocycles. The zero-order valence-electron chi connectivity index (χ0n) is 20.0. The van der Waals surface area contributed by atoms with Crippen molar-refractivity contribution in [2.75, 3.05) is 0 Å². The molecule has 0 saturated heterocycles. The van der Waals surface area contributed by atoms with Crippen molar-refractivity contribution < 1.29 is 16.8 Å². The Bertz CT molecular complexity index is 1390. The lowest BCUT2D eigenvalue weighted by Crippen LogP contribution is -2.40. The van der Waals surface area contributed by atoms with Crippen molar-refractivity contribution in [1.29, 1.82) is 0 Å². The third kappa shape index (κ3) is 6.09. The van der Waals surface area contributed by atoms with Gasteiger partial charge < -0.3 is 0 Å². The molecule has 0 aliphatic rings. The van der Waals surface area contributed by atoms with Gasteiger partial charge in [-0.1, -0.05) is 96.1 Å². The molecular formula is C28H28N2O4S2. The Hall–Kier alpha value is -3.30. The molecule has 4 rings (SSSR count). The number of nitrogens with one attached hydrogen (secondary N) is 2. The van der Waals surface area contributed by atoms with Crippen LogP contribution in [0.15, 0.2) is 119 Å². The lowest BCUT2D eigenvalue weighted by Gasteiger charge is -2.29. The van der Waals surface area contributed by atoms with Crippen molar-refractivity contribution in [3.05, 3.63) is 131 Å². The van der Waals surface area contributed by atoms with Gasteiger partial charge in [0, 0.05) is 0 Å². The van der Waals surface area contributed by atoms with Crippen molar-refractivity contribution in [2.24, 2.45) is 0 Å². The molecule has 0 heterocycles. The summed E-state index contributed by atoms with van der Waals surface area (Å²) in [7, 11) is -7.98. The molecule has 0 fully saturated rings. The summed E-state index contributed by atoms with van der Waals surface area (Å²) < 4.78 is 59.3. The fourth-order valence-electron chi connectivity index (χ4n) is 3.88. The Morgan fingerprint density at radius 3 is 1.08 bits per heavy atom. The van der Waals surface area contributed by atoms with Crippen LogP contribution in [0.3, 0.4) is 0 Å². The van der Waals surface area contributed by atoms with Crippen molar-refractivity contribution in [3.8, 4) is 0 Å². The van der Waals surface area contributed by atoms with E-state index in [1.165, 1.54) is 24.3 Å². The second kappa shape index (κ2) is 10.8. The molecule has 0 radical (unpaired) electrons. The molecule has 2 N–H and O–H groups in total. The SMILES string of the molecule is Cc1ccc(S(=O)(=O)NC(c2ccccc2)C(NS(=O)(=O)c2ccc(C)cc2)c2ccccc2)cc1. The maximum Gasteiger partial charge on any atom is 0.241 e. The Morgan fingerprint density at radius 2 is 0.778 bits per heavy atom. The monoisotopic (exact) mass is 520 g/mol. The lowest BCUT2D eigenvalue weighted by atomic mass is 9.95. The number of sulfonamides is 2. The molecule has 4 aromatic rings. The van der Waals surface area contributed by atoms with Gasteiger partial charge in [-0.3, -0.25) is 0 Å². The van der Waals surface area contributed by atoms with Crippen LogP contribution in [-0.2, 0) is 20.0 Å². The van der Waals surface area contributed by atoms with Crippen LogP contribution in [0.4, 0.5) is 0 Å². The van der Waals surface area contributed by atoms with E-state index in [0.717, 1.165) is 11.1 Å². The second-order valence-electron chi connectivity index (χ2n) is 8.65. The van der Waals surface area contributed by atoms with Crippen LogP contribution in [0.5, 0.6) is 0 Å². The maximum atomic E-state index is 13.4. The summed E-state index contributed by atoms with van der Waals surface area (Å²) in [4.78, 5) is 0.199. The van der Waals surface area contributed by atoms with Gasteiger partial charge in [-0.05, 0) is 49.2 Å². The van der Waals surface area contributed by atoms with Gasteiger partial charge >= 0.3 is 0 Å². The van der Waals surface area contributed by atoms with Crippen LogP contribution in [0.25, 0.3) is 0 Å². The summed E-state index contributed by atoms with van der Waals surface area (Å²) in [5.74, 6) is 0. The summed E-state index contributed by atoms with van der Waals surface area (Å²) in [6.45, 7) is 3.75. The molecule has 2 atom stereocenters. The highest BCUT2D eigenvalue weighted by Gasteiger charge is 2.33. The standard InChI is InChI=1S/C28H28N2O4S2/c1-21-13-17-25(18-14-21)35(31,32)29-27(23-9-5-3-6-10-23)28(24-11-7-4-8-12-24)30-36(33,34)26-19-15-22(2)16-20-26/h3-20,27-30H,1-2H3. The predicted octanol–water partition coefficient (Wildman–Crippen LogP) is 5.04. The van der Waals surface area contributed by atoms with Crippen molar-refractivity contribution in [3.63, 3.8) is 0 Å². The Balaban J connectivity index is 1.81. The molecule has 0 saturated carbocycles. The van der Waals surface area contributed by atoms with Gasteiger partial charge in [0.1, 0.15) is 0 Å². The van der Waals surface area contributed by atoms with Crippen LogP contribution in [0.1, 0.15) is 34.3 Å². The first-order valence-electron chi connectivity index (χ1n) is 11.4. The Kier molecular flexibility index (Phi) is 7.70. The lowest BCUT2D eigenvalue weighted by molar-refractivity contribution is 0.466. The quantitative estimate of drug-likeness (QED) is 0.323. The van der Waals surface area contributed by atoms with E-state index in [1.807, 2.05) is 26.0 Å². The van der Waals surface area contributed by atoms with Gasteiger partial charge in [0.2, 0.25) is 20.0 Å². The average Bonchev–Trinajstić information content (AvgIpc) is 2.88. The van der Waals surface area contributed by atoms with E-state index in [0.29, 0.717) is 11.1 Å². The highest BCUT2D eigenvalue weighted by molar-refractivity contribution is 7.90. The van der Waals surface area contributed by atoms with E-state index in [4.69, 9.17) is 0 Å². The van der Waals surface area contributed by atoms with Crippen LogP contribution >= 0.6 is 0 Å². The zero-order valence-corrected chi connectivity index (χ0v) is 21.6. The predicted molar refractivity (Wildman–Crippen MR) is 141 cm³/mol. The number of aryl methyl sites for hydroxylation is 2. The van der Waals surface area contributed by atoms with E-state index in [2.05, 4.69) is 9.44 Å². The molecule has 0 aliphatic heterocycles. The van der Waals surface area contributed by atoms with Gasteiger partial charge in [0.15, 0.2) is 0 Å². The second-order valence-corrected chi connectivity index (χ2v) is 12.1. The minimum absolute atomic E-state index is 0.0993. The van der Waals surface area contributed by atoms with E-state index in [1.54, 1.807) is 72.8 Å². The first-order chi connectivity index (χ1) is 17.2. The van der Waals surface area contributed by atoms with E-state index in [-0.39, 0.29) is 9.79 Å². The van der Waals surface area contributed by atoms with Gasteiger partial charge in [-0.25, -0.2) is 26.3 Å². The smallest absolute Gasteiger partial charge is 0.207 e. The van der Waals surface area contributed by atoms with Gasteiger partial charge in [-0.2, -0.15) is 0 Å². The normalized spacial score (nSPS) is 13.7. The molecule has 6 nitrogen and oxygen atoms in total. The van der Waals surface area contributed by atoms with E-state index in [9.17, 15) is 16.8 Å². The zero-order chi connectivity index (χ0) is 25.8. The fraction of sp³-hybridized carbons (Fsp3) is 0.143. The molecule has 0 spiro atoms. The Labute approximate surface area is 213 Å². The topological polar surface area (TPSA) is 92.3 Å². The van der Waals surface area contributed by atoms with Crippen molar-refractivity contribution in [2.45, 2.75) is 35.7 Å². The van der Waals surface area contributed by atoms with Crippen LogP contribution in [0, 0.1) is 13.8 Å². The fourth-order valence-corrected chi connectivity index (χ4v) is 6.36. The Morgan fingerprint density at radius 1 is 0.472 bits per heavy atom. The number of rotatable bonds is 9. The van der Waals surface area contributed by atoms with Crippen molar-refractivity contribution >= 4 is 20.0 Å². The van der Waals surface area contributed by atoms with Crippen molar-refractivity contribution in [1.82, 2.24) is 9.44 Å². The molecule has 0 aliphatic carbocycles. The third-order valence-corrected chi connectivity index (χ3v) is 8.79. The first-order valence-corrected chi connectivity index (χ1v) is 14.4. The molecule has 4 aromatic carbocycles. The molecule has 0 amide bonds. The summed E-state index contributed by atoms with van der Waals surface area (Å²) in [5, 5.41) is 0. The maximum absolute atomic E-state index is 13.4. The summed E-state index contributed by atoms with van der Waals surface area (Å²) >= 11 is 0. The number of hydrogen-bond donors (Lipinski definition) is 2. The molecule has 0 bridgehead atoms. The van der Waals surface area contributed by atoms with E-state index >= 15 is 0 Å². The molecular weight excluding hydrogens is 492 g/mol. The van der Waals surface area contributed by atoms with Gasteiger partial charge in [-0.15, -0.1) is 0 Å². The number of hydrogen-bond acceptors (Lipinski definition) is 4. The average molecular weight is 521 g/mol. The summed E-state index contributed by atoms with van der Waals surface area (Å²) in [6.07, 6.45) is 0. The molecule has 2 unspecified atom stereocenters. The van der Waals surface area contributed by atoms with Crippen LogP contribution < -0.4 is 9.44 Å². The van der Waals surface area contributed by atoms with Crippen LogP contribution in [0.2, 0.25) is 0 Å². The minimum Gasteiger partial charge on any atom is -0.207 e. The van der Waals surface area contributed by atoms with Gasteiger partial charge in [0.25, 0.3) is 0 Å². The molecule has 186 valence electrons. The van der Waals surface area contributed by atoms with E-state index < -0.39 is 32.1 Å². The molecule has 36 heavy (non-hydrogen) atoms. The first kappa shape index (κ1) is 25.8. The van der Waals surface area contributed by atoms with Gasteiger partial charge in [0.05, 0.1) is 21.9 Å². The summed E-state index contributed by atoms with van der Waals surface area (Å²) in [5.41, 5.74) is 3.10. The summed E-state index contributed by atoms with van der Waals surface area (Å²) in [6, 6.07) is 29.1. The highest BCUT2D eigenvalue weighted by Crippen LogP contribution is 2.32. The molecule has 8 heteroatoms. The van der Waals surface area contributed by atoms with Crippen LogP contribution in [-0.4, -0.2) is 16.8 Å². The third-order valence-electron chi connectivity index (χ3n) is 5.88. The highest BCUT2D eigenvalue weighted by atomic mass is 32.2. The largest absolute Gasteiger partial charge is 0.241 e. The number of benzene rings is 4.